The van der Waals surface area contributed by atoms with Gasteiger partial charge in [-0.2, -0.15) is 0 Å². The van der Waals surface area contributed by atoms with Crippen LogP contribution in [0.1, 0.15) is 18.1 Å². The van der Waals surface area contributed by atoms with Gasteiger partial charge in [0.2, 0.25) is 0 Å². The van der Waals surface area contributed by atoms with Gasteiger partial charge in [0.15, 0.2) is 0 Å². The van der Waals surface area contributed by atoms with Crippen molar-refractivity contribution in [3.63, 3.8) is 0 Å². The highest BCUT2D eigenvalue weighted by molar-refractivity contribution is 9.10. The van der Waals surface area contributed by atoms with E-state index < -0.39 is 0 Å². The number of benzene rings is 2. The van der Waals surface area contributed by atoms with Crippen LogP contribution in [-0.2, 0) is 0 Å². The predicted molar refractivity (Wildman–Crippen MR) is 92.1 cm³/mol. The Balaban J connectivity index is 2.21. The quantitative estimate of drug-likeness (QED) is 0.821. The van der Waals surface area contributed by atoms with Gasteiger partial charge in [0.05, 0.1) is 5.69 Å². The van der Waals surface area contributed by atoms with E-state index >= 15 is 0 Å². The van der Waals surface area contributed by atoms with Gasteiger partial charge in [0, 0.05) is 16.7 Å². The molecular weight excluding hydrogens is 328 g/mol. The number of halogens is 1. The Morgan fingerprint density at radius 2 is 1.86 bits per heavy atom. The van der Waals surface area contributed by atoms with Gasteiger partial charge in [-0.1, -0.05) is 18.2 Å². The van der Waals surface area contributed by atoms with Gasteiger partial charge in [0.25, 0.3) is 0 Å². The first kappa shape index (κ1) is 15.6. The topological polar surface area (TPSA) is 32.3 Å². The fourth-order valence-electron chi connectivity index (χ4n) is 2.14. The molecule has 0 spiro atoms. The van der Waals surface area contributed by atoms with Crippen molar-refractivity contribution in [1.29, 1.82) is 0 Å². The highest BCUT2D eigenvalue weighted by Gasteiger charge is 2.15. The van der Waals surface area contributed by atoms with Crippen LogP contribution >= 0.6 is 15.9 Å². The lowest BCUT2D eigenvalue weighted by Crippen LogP contribution is -2.34. The smallest absolute Gasteiger partial charge is 0.306 e. The summed E-state index contributed by atoms with van der Waals surface area (Å²) in [6.07, 6.45) is 0. The van der Waals surface area contributed by atoms with E-state index in [4.69, 9.17) is 0 Å². The second kappa shape index (κ2) is 6.76. The molecule has 1 N–H and O–H groups in total. The van der Waals surface area contributed by atoms with Crippen LogP contribution < -0.4 is 10.2 Å². The minimum atomic E-state index is -0.132. The molecule has 0 aliphatic rings. The van der Waals surface area contributed by atoms with Crippen molar-refractivity contribution in [2.24, 2.45) is 0 Å². The van der Waals surface area contributed by atoms with Crippen molar-refractivity contribution in [2.75, 3.05) is 16.8 Å². The number of rotatable bonds is 3. The van der Waals surface area contributed by atoms with Crippen LogP contribution in [0.15, 0.2) is 46.9 Å². The summed E-state index contributed by atoms with van der Waals surface area (Å²) in [4.78, 5) is 14.2. The van der Waals surface area contributed by atoms with Gasteiger partial charge in [-0.25, -0.2) is 4.79 Å². The molecule has 0 bridgehead atoms. The predicted octanol–water partition coefficient (Wildman–Crippen LogP) is 5.12. The Morgan fingerprint density at radius 3 is 2.48 bits per heavy atom. The number of carbonyl (C=O) groups is 1. The molecule has 110 valence electrons. The number of nitrogens with one attached hydrogen (secondary N) is 1. The van der Waals surface area contributed by atoms with E-state index in [0.29, 0.717) is 6.54 Å². The Kier molecular flexibility index (Phi) is 5.02. The molecular formula is C17H19BrN2O. The molecule has 2 amide bonds. The van der Waals surface area contributed by atoms with E-state index in [0.717, 1.165) is 27.0 Å². The molecule has 0 unspecified atom stereocenters. The Bertz CT molecular complexity index is 655. The number of hydrogen-bond donors (Lipinski definition) is 1. The fourth-order valence-corrected chi connectivity index (χ4v) is 2.74. The molecule has 0 saturated carbocycles. The van der Waals surface area contributed by atoms with Crippen LogP contribution in [0.4, 0.5) is 16.2 Å². The largest absolute Gasteiger partial charge is 0.326 e. The molecule has 3 nitrogen and oxygen atoms in total. The van der Waals surface area contributed by atoms with E-state index in [1.807, 2.05) is 63.2 Å². The SMILES string of the molecule is CCN(C(=O)Nc1ccc(C)cc1Br)c1cccc(C)c1. The molecule has 2 aromatic rings. The number of carbonyl (C=O) groups excluding carboxylic acids is 1. The van der Waals surface area contributed by atoms with E-state index in [-0.39, 0.29) is 6.03 Å². The van der Waals surface area contributed by atoms with Crippen LogP contribution in [-0.4, -0.2) is 12.6 Å². The molecule has 2 rings (SSSR count). The summed E-state index contributed by atoms with van der Waals surface area (Å²) in [5.41, 5.74) is 3.95. The average molecular weight is 347 g/mol. The summed E-state index contributed by atoms with van der Waals surface area (Å²) in [6.45, 7) is 6.61. The highest BCUT2D eigenvalue weighted by atomic mass is 79.9. The minimum absolute atomic E-state index is 0.132. The van der Waals surface area contributed by atoms with Crippen molar-refractivity contribution in [1.82, 2.24) is 0 Å². The molecule has 0 aliphatic carbocycles. The van der Waals surface area contributed by atoms with Gasteiger partial charge in [0.1, 0.15) is 0 Å². The zero-order valence-electron chi connectivity index (χ0n) is 12.5. The Labute approximate surface area is 134 Å². The number of aryl methyl sites for hydroxylation is 2. The van der Waals surface area contributed by atoms with Crippen LogP contribution in [0.3, 0.4) is 0 Å². The van der Waals surface area contributed by atoms with Crippen LogP contribution in [0, 0.1) is 13.8 Å². The number of anilines is 2. The summed E-state index contributed by atoms with van der Waals surface area (Å²) in [7, 11) is 0. The summed E-state index contributed by atoms with van der Waals surface area (Å²) in [6, 6.07) is 13.7. The maximum Gasteiger partial charge on any atom is 0.326 e. The van der Waals surface area contributed by atoms with E-state index in [1.54, 1.807) is 4.90 Å². The molecule has 0 aliphatic heterocycles. The van der Waals surface area contributed by atoms with E-state index in [1.165, 1.54) is 0 Å². The summed E-state index contributed by atoms with van der Waals surface area (Å²) < 4.78 is 0.885. The lowest BCUT2D eigenvalue weighted by Gasteiger charge is -2.22. The maximum absolute atomic E-state index is 12.5. The van der Waals surface area contributed by atoms with Gasteiger partial charge in [-0.15, -0.1) is 0 Å². The number of amides is 2. The summed E-state index contributed by atoms with van der Waals surface area (Å²) >= 11 is 3.48. The van der Waals surface area contributed by atoms with E-state index in [9.17, 15) is 4.79 Å². The first-order chi connectivity index (χ1) is 10.0. The highest BCUT2D eigenvalue weighted by Crippen LogP contribution is 2.24. The number of nitrogens with zero attached hydrogens (tertiary/aromatic N) is 1. The number of urea groups is 1. The second-order valence-corrected chi connectivity index (χ2v) is 5.85. The third-order valence-electron chi connectivity index (χ3n) is 3.24. The summed E-state index contributed by atoms with van der Waals surface area (Å²) in [5, 5.41) is 2.95. The molecule has 21 heavy (non-hydrogen) atoms. The van der Waals surface area contributed by atoms with Crippen molar-refractivity contribution < 1.29 is 4.79 Å². The third-order valence-corrected chi connectivity index (χ3v) is 3.90. The third kappa shape index (κ3) is 3.85. The molecule has 0 radical (unpaired) electrons. The molecule has 0 heterocycles. The standard InChI is InChI=1S/C17H19BrN2O/c1-4-20(14-7-5-6-12(2)10-14)17(21)19-16-9-8-13(3)11-15(16)18/h5-11H,4H2,1-3H3,(H,19,21). The lowest BCUT2D eigenvalue weighted by molar-refractivity contribution is 0.257. The zero-order valence-corrected chi connectivity index (χ0v) is 14.1. The van der Waals surface area contributed by atoms with Gasteiger partial charge in [-0.05, 0) is 72.1 Å². The first-order valence-electron chi connectivity index (χ1n) is 6.92. The van der Waals surface area contributed by atoms with Gasteiger partial charge >= 0.3 is 6.03 Å². The number of hydrogen-bond acceptors (Lipinski definition) is 1. The molecule has 0 atom stereocenters. The first-order valence-corrected chi connectivity index (χ1v) is 7.72. The molecule has 2 aromatic carbocycles. The van der Waals surface area contributed by atoms with Crippen molar-refractivity contribution in [3.05, 3.63) is 58.1 Å². The molecule has 0 fully saturated rings. The normalized spacial score (nSPS) is 10.3. The monoisotopic (exact) mass is 346 g/mol. The van der Waals surface area contributed by atoms with Crippen LogP contribution in [0.25, 0.3) is 0 Å². The van der Waals surface area contributed by atoms with Crippen LogP contribution in [0.2, 0.25) is 0 Å². The van der Waals surface area contributed by atoms with Crippen molar-refractivity contribution >= 4 is 33.3 Å². The van der Waals surface area contributed by atoms with Crippen molar-refractivity contribution in [2.45, 2.75) is 20.8 Å². The molecule has 0 aromatic heterocycles. The van der Waals surface area contributed by atoms with Crippen molar-refractivity contribution in [3.8, 4) is 0 Å². The zero-order chi connectivity index (χ0) is 15.4. The van der Waals surface area contributed by atoms with Gasteiger partial charge in [-0.3, -0.25) is 4.90 Å². The van der Waals surface area contributed by atoms with Gasteiger partial charge < -0.3 is 5.32 Å². The lowest BCUT2D eigenvalue weighted by atomic mass is 10.2. The summed E-state index contributed by atoms with van der Waals surface area (Å²) in [5.74, 6) is 0. The van der Waals surface area contributed by atoms with Crippen LogP contribution in [0.5, 0.6) is 0 Å². The minimum Gasteiger partial charge on any atom is -0.306 e. The Hall–Kier alpha value is -1.81. The average Bonchev–Trinajstić information content (AvgIpc) is 2.43. The second-order valence-electron chi connectivity index (χ2n) is 5.00. The molecule has 4 heteroatoms. The maximum atomic E-state index is 12.5. The molecule has 0 saturated heterocycles. The van der Waals surface area contributed by atoms with E-state index in [2.05, 4.69) is 21.2 Å². The Morgan fingerprint density at radius 1 is 1.14 bits per heavy atom. The fraction of sp³-hybridized carbons (Fsp3) is 0.235.